The Morgan fingerprint density at radius 2 is 2.27 bits per heavy atom. The van der Waals surface area contributed by atoms with Gasteiger partial charge >= 0.3 is 0 Å². The quantitative estimate of drug-likeness (QED) is 0.605. The van der Waals surface area contributed by atoms with Crippen molar-refractivity contribution in [1.82, 2.24) is 5.32 Å². The molecule has 0 radical (unpaired) electrons. The molecule has 0 aliphatic carbocycles. The lowest BCUT2D eigenvalue weighted by atomic mass is 10.1. The van der Waals surface area contributed by atoms with Gasteiger partial charge in [-0.15, -0.1) is 0 Å². The highest BCUT2D eigenvalue weighted by Crippen LogP contribution is 2.15. The molecule has 2 nitrogen and oxygen atoms in total. The summed E-state index contributed by atoms with van der Waals surface area (Å²) in [4.78, 5) is 0. The highest BCUT2D eigenvalue weighted by Gasteiger charge is 1.98. The normalized spacial score (nSPS) is 9.53. The largest absolute Gasteiger partial charge is 0.392 e. The molecule has 0 aliphatic heterocycles. The van der Waals surface area contributed by atoms with Crippen LogP contribution in [-0.4, -0.2) is 18.7 Å². The summed E-state index contributed by atoms with van der Waals surface area (Å²) in [6.45, 7) is 0.839. The lowest BCUT2D eigenvalue weighted by molar-refractivity contribution is 0.281. The minimum Gasteiger partial charge on any atom is -0.392 e. The highest BCUT2D eigenvalue weighted by molar-refractivity contribution is 6.30. The molecule has 0 aliphatic rings. The number of aliphatic hydroxyl groups is 1. The minimum absolute atomic E-state index is 0.0311. The van der Waals surface area contributed by atoms with Crippen LogP contribution in [0.4, 0.5) is 0 Å². The van der Waals surface area contributed by atoms with Gasteiger partial charge in [0.05, 0.1) is 6.61 Å². The second-order valence-corrected chi connectivity index (χ2v) is 3.55. The number of aliphatic hydroxyl groups excluding tert-OH is 1. The maximum absolute atomic E-state index is 9.11. The lowest BCUT2D eigenvalue weighted by Crippen LogP contribution is -2.05. The summed E-state index contributed by atoms with van der Waals surface area (Å²) in [7, 11) is 1.89. The smallest absolute Gasteiger partial charge is 0.0694 e. The van der Waals surface area contributed by atoms with Crippen LogP contribution in [0, 0.1) is 11.8 Å². The Morgan fingerprint density at radius 3 is 2.93 bits per heavy atom. The summed E-state index contributed by atoms with van der Waals surface area (Å²) < 4.78 is 0. The van der Waals surface area contributed by atoms with Crippen LogP contribution in [0.15, 0.2) is 18.2 Å². The molecule has 1 aromatic carbocycles. The Morgan fingerprint density at radius 1 is 1.47 bits per heavy atom. The van der Waals surface area contributed by atoms with Crippen molar-refractivity contribution in [2.45, 2.75) is 13.0 Å². The predicted molar refractivity (Wildman–Crippen MR) is 62.8 cm³/mol. The molecule has 1 aromatic rings. The molecule has 0 atom stereocenters. The summed E-state index contributed by atoms with van der Waals surface area (Å²) in [5.74, 6) is 6.05. The number of benzene rings is 1. The molecular formula is C12H14ClNO. The molecule has 1 rings (SSSR count). The van der Waals surface area contributed by atoms with Crippen molar-refractivity contribution in [1.29, 1.82) is 0 Å². The van der Waals surface area contributed by atoms with Crippen LogP contribution in [0.3, 0.4) is 0 Å². The Bertz CT molecular complexity index is 379. The Hall–Kier alpha value is -1.01. The number of nitrogens with one attached hydrogen (secondary N) is 1. The summed E-state index contributed by atoms with van der Waals surface area (Å²) in [5.41, 5.74) is 1.62. The highest BCUT2D eigenvalue weighted by atomic mass is 35.5. The topological polar surface area (TPSA) is 32.3 Å². The van der Waals surface area contributed by atoms with Crippen molar-refractivity contribution in [3.05, 3.63) is 34.3 Å². The average Bonchev–Trinajstić information content (AvgIpc) is 2.26. The van der Waals surface area contributed by atoms with Crippen LogP contribution in [0.25, 0.3) is 0 Å². The van der Waals surface area contributed by atoms with Crippen LogP contribution in [0.5, 0.6) is 0 Å². The van der Waals surface area contributed by atoms with Crippen molar-refractivity contribution in [3.63, 3.8) is 0 Å². The zero-order valence-corrected chi connectivity index (χ0v) is 9.43. The molecule has 0 bridgehead atoms. The van der Waals surface area contributed by atoms with Gasteiger partial charge in [0.25, 0.3) is 0 Å². The third-order valence-electron chi connectivity index (χ3n) is 1.96. The third kappa shape index (κ3) is 3.93. The molecule has 0 amide bonds. The van der Waals surface area contributed by atoms with E-state index >= 15 is 0 Å². The summed E-state index contributed by atoms with van der Waals surface area (Å²) >= 11 is 5.81. The molecule has 0 spiro atoms. The first kappa shape index (κ1) is 12.1. The van der Waals surface area contributed by atoms with Gasteiger partial charge in [-0.2, -0.15) is 0 Å². The zero-order valence-electron chi connectivity index (χ0n) is 8.68. The number of rotatable bonds is 3. The lowest BCUT2D eigenvalue weighted by Gasteiger charge is -2.00. The van der Waals surface area contributed by atoms with Crippen molar-refractivity contribution in [3.8, 4) is 11.8 Å². The summed E-state index contributed by atoms with van der Waals surface area (Å²) in [6.07, 6.45) is 0.796. The molecule has 0 unspecified atom stereocenters. The van der Waals surface area contributed by atoms with Gasteiger partial charge in [0.2, 0.25) is 0 Å². The molecule has 15 heavy (non-hydrogen) atoms. The second-order valence-electron chi connectivity index (χ2n) is 3.11. The first-order chi connectivity index (χ1) is 7.27. The van der Waals surface area contributed by atoms with Gasteiger partial charge in [0, 0.05) is 23.6 Å². The first-order valence-corrected chi connectivity index (χ1v) is 5.18. The molecule has 3 heteroatoms. The summed E-state index contributed by atoms with van der Waals surface area (Å²) in [5, 5.41) is 12.8. The van der Waals surface area contributed by atoms with E-state index in [1.54, 1.807) is 12.1 Å². The second kappa shape index (κ2) is 6.47. The molecule has 0 aromatic heterocycles. The molecule has 0 saturated heterocycles. The van der Waals surface area contributed by atoms with Gasteiger partial charge in [-0.1, -0.05) is 23.4 Å². The Balaban J connectivity index is 2.78. The maximum Gasteiger partial charge on any atom is 0.0694 e. The fourth-order valence-electron chi connectivity index (χ4n) is 1.16. The van der Waals surface area contributed by atoms with Crippen molar-refractivity contribution >= 4 is 11.6 Å². The van der Waals surface area contributed by atoms with Crippen molar-refractivity contribution < 1.29 is 5.11 Å². The zero-order chi connectivity index (χ0) is 11.1. The molecule has 0 fully saturated rings. The number of hydrogen-bond donors (Lipinski definition) is 2. The van der Waals surface area contributed by atoms with E-state index in [4.69, 9.17) is 16.7 Å². The maximum atomic E-state index is 9.11. The standard InChI is InChI=1S/C12H14ClNO/c1-14-7-3-2-4-10-5-6-12(13)8-11(10)9-15/h5-6,8,14-15H,3,7,9H2,1H3. The molecule has 0 saturated carbocycles. The van der Waals surface area contributed by atoms with Gasteiger partial charge in [0.1, 0.15) is 0 Å². The van der Waals surface area contributed by atoms with E-state index in [0.717, 1.165) is 24.1 Å². The van der Waals surface area contributed by atoms with Gasteiger partial charge in [-0.25, -0.2) is 0 Å². The average molecular weight is 224 g/mol. The Labute approximate surface area is 95.3 Å². The fourth-order valence-corrected chi connectivity index (χ4v) is 1.35. The van der Waals surface area contributed by atoms with Gasteiger partial charge in [-0.3, -0.25) is 0 Å². The molecular weight excluding hydrogens is 210 g/mol. The monoisotopic (exact) mass is 223 g/mol. The van der Waals surface area contributed by atoms with Gasteiger partial charge in [0.15, 0.2) is 0 Å². The Kier molecular flexibility index (Phi) is 5.20. The van der Waals surface area contributed by atoms with Gasteiger partial charge in [-0.05, 0) is 30.8 Å². The fraction of sp³-hybridized carbons (Fsp3) is 0.333. The third-order valence-corrected chi connectivity index (χ3v) is 2.20. The summed E-state index contributed by atoms with van der Waals surface area (Å²) in [6, 6.07) is 5.35. The van der Waals surface area contributed by atoms with E-state index in [0.29, 0.717) is 5.02 Å². The van der Waals surface area contributed by atoms with E-state index < -0.39 is 0 Å². The van der Waals surface area contributed by atoms with Crippen LogP contribution < -0.4 is 5.32 Å². The number of halogens is 1. The van der Waals surface area contributed by atoms with E-state index in [1.165, 1.54) is 0 Å². The van der Waals surface area contributed by atoms with Crippen LogP contribution in [0.2, 0.25) is 5.02 Å². The molecule has 2 N–H and O–H groups in total. The molecule has 80 valence electrons. The van der Waals surface area contributed by atoms with E-state index in [2.05, 4.69) is 17.2 Å². The number of hydrogen-bond acceptors (Lipinski definition) is 2. The van der Waals surface area contributed by atoms with Crippen LogP contribution >= 0.6 is 11.6 Å². The predicted octanol–water partition coefficient (Wildman–Crippen LogP) is 1.79. The van der Waals surface area contributed by atoms with Gasteiger partial charge < -0.3 is 10.4 Å². The van der Waals surface area contributed by atoms with E-state index in [1.807, 2.05) is 13.1 Å². The first-order valence-electron chi connectivity index (χ1n) is 4.80. The minimum atomic E-state index is -0.0311. The molecule has 0 heterocycles. The van der Waals surface area contributed by atoms with E-state index in [-0.39, 0.29) is 6.61 Å². The SMILES string of the molecule is CNCCC#Cc1ccc(Cl)cc1CO. The van der Waals surface area contributed by atoms with Crippen molar-refractivity contribution in [2.75, 3.05) is 13.6 Å². The van der Waals surface area contributed by atoms with Crippen molar-refractivity contribution in [2.24, 2.45) is 0 Å². The van der Waals surface area contributed by atoms with E-state index in [9.17, 15) is 0 Å². The van der Waals surface area contributed by atoms with Crippen LogP contribution in [-0.2, 0) is 6.61 Å². The van der Waals surface area contributed by atoms with Crippen LogP contribution in [0.1, 0.15) is 17.5 Å².